The number of urea groups is 1. The molecule has 0 saturated carbocycles. The number of nitrogens with one attached hydrogen (secondary N) is 2. The minimum Gasteiger partial charge on any atom is -0.462 e. The summed E-state index contributed by atoms with van der Waals surface area (Å²) in [5.41, 5.74) is 5.76. The van der Waals surface area contributed by atoms with Crippen LogP contribution in [0.1, 0.15) is 31.1 Å². The summed E-state index contributed by atoms with van der Waals surface area (Å²) in [4.78, 5) is 42.6. The van der Waals surface area contributed by atoms with Crippen molar-refractivity contribution >= 4 is 35.5 Å². The van der Waals surface area contributed by atoms with Crippen LogP contribution in [0.3, 0.4) is 0 Å². The number of ether oxygens (including phenoxy) is 1. The van der Waals surface area contributed by atoms with Crippen molar-refractivity contribution in [2.75, 3.05) is 18.9 Å². The molecule has 3 amide bonds. The number of amides is 3. The van der Waals surface area contributed by atoms with E-state index in [1.807, 2.05) is 0 Å². The summed E-state index contributed by atoms with van der Waals surface area (Å²) in [5.74, 6) is -1.13. The summed E-state index contributed by atoms with van der Waals surface area (Å²) < 4.78 is 4.82. The molecule has 1 rings (SSSR count). The molecule has 126 valence electrons. The van der Waals surface area contributed by atoms with Gasteiger partial charge in [-0.1, -0.05) is 11.8 Å². The zero-order chi connectivity index (χ0) is 17.4. The van der Waals surface area contributed by atoms with Crippen LogP contribution in [-0.2, 0) is 9.53 Å². The van der Waals surface area contributed by atoms with Crippen LogP contribution in [0.15, 0.2) is 11.4 Å². The third-order valence-corrected chi connectivity index (χ3v) is 3.49. The Morgan fingerprint density at radius 2 is 2.09 bits per heavy atom. The van der Waals surface area contributed by atoms with Crippen molar-refractivity contribution in [3.63, 3.8) is 0 Å². The van der Waals surface area contributed by atoms with Gasteiger partial charge in [-0.15, -0.1) is 0 Å². The van der Waals surface area contributed by atoms with Crippen LogP contribution in [0, 0.1) is 0 Å². The summed E-state index contributed by atoms with van der Waals surface area (Å²) in [6.07, 6.45) is 1.25. The maximum Gasteiger partial charge on any atom is 0.343 e. The average molecular weight is 341 g/mol. The van der Waals surface area contributed by atoms with Crippen molar-refractivity contribution in [1.82, 2.24) is 20.6 Å². The minimum atomic E-state index is -0.620. The van der Waals surface area contributed by atoms with Crippen LogP contribution >= 0.6 is 11.8 Å². The predicted molar refractivity (Wildman–Crippen MR) is 84.9 cm³/mol. The molecule has 0 spiro atoms. The van der Waals surface area contributed by atoms with Gasteiger partial charge in [0.2, 0.25) is 5.91 Å². The molecule has 1 heterocycles. The van der Waals surface area contributed by atoms with Crippen molar-refractivity contribution in [1.29, 1.82) is 0 Å². The highest BCUT2D eigenvalue weighted by Gasteiger charge is 2.20. The number of anilines is 1. The molecule has 9 nitrogen and oxygen atoms in total. The lowest BCUT2D eigenvalue weighted by Crippen LogP contribution is -2.42. The highest BCUT2D eigenvalue weighted by Crippen LogP contribution is 2.21. The second-order valence-electron chi connectivity index (χ2n) is 4.28. The van der Waals surface area contributed by atoms with Crippen LogP contribution in [0.25, 0.3) is 0 Å². The Kier molecular flexibility index (Phi) is 7.26. The van der Waals surface area contributed by atoms with E-state index in [1.54, 1.807) is 20.8 Å². The van der Waals surface area contributed by atoms with Gasteiger partial charge < -0.3 is 15.8 Å². The Balaban J connectivity index is 2.70. The summed E-state index contributed by atoms with van der Waals surface area (Å²) in [5, 5.41) is 4.24. The molecule has 0 bridgehead atoms. The zero-order valence-corrected chi connectivity index (χ0v) is 13.9. The summed E-state index contributed by atoms with van der Waals surface area (Å²) >= 11 is 1.01. The maximum atomic E-state index is 11.8. The third-order valence-electron chi connectivity index (χ3n) is 2.52. The van der Waals surface area contributed by atoms with Gasteiger partial charge in [0.25, 0.3) is 0 Å². The fraction of sp³-hybridized carbons (Fsp3) is 0.462. The number of nitrogen functional groups attached to an aromatic ring is 1. The van der Waals surface area contributed by atoms with Gasteiger partial charge in [0, 0.05) is 12.7 Å². The standard InChI is InChI=1S/C13H19N5O4S/c1-4-15-12(21)18-10(19)7(3)23-13-16-6-8(9(14)17-13)11(20)22-5-2/h6-7H,4-5H2,1-3H3,(H2,14,16,17)(H2,15,18,19,21)/t7-/m0/s1. The quantitative estimate of drug-likeness (QED) is 0.388. The number of aromatic nitrogens is 2. The van der Waals surface area contributed by atoms with Crippen LogP contribution in [-0.4, -0.2) is 46.3 Å². The fourth-order valence-electron chi connectivity index (χ4n) is 1.43. The highest BCUT2D eigenvalue weighted by atomic mass is 32.2. The first-order valence-corrected chi connectivity index (χ1v) is 7.81. The molecule has 1 aromatic rings. The number of rotatable bonds is 6. The first kappa shape index (κ1) is 18.7. The first-order chi connectivity index (χ1) is 10.9. The molecule has 4 N–H and O–H groups in total. The van der Waals surface area contributed by atoms with Crippen molar-refractivity contribution in [2.45, 2.75) is 31.2 Å². The zero-order valence-electron chi connectivity index (χ0n) is 13.1. The molecule has 0 aromatic carbocycles. The molecule has 10 heteroatoms. The number of imide groups is 1. The summed E-state index contributed by atoms with van der Waals surface area (Å²) in [6, 6.07) is -0.567. The van der Waals surface area contributed by atoms with Gasteiger partial charge in [-0.3, -0.25) is 10.1 Å². The van der Waals surface area contributed by atoms with E-state index in [2.05, 4.69) is 20.6 Å². The number of nitrogens with zero attached hydrogens (tertiary/aromatic N) is 2. The van der Waals surface area contributed by atoms with E-state index in [4.69, 9.17) is 10.5 Å². The van der Waals surface area contributed by atoms with Gasteiger partial charge >= 0.3 is 12.0 Å². The number of carbonyl (C=O) groups excluding carboxylic acids is 3. The summed E-state index contributed by atoms with van der Waals surface area (Å²) in [7, 11) is 0. The van der Waals surface area contributed by atoms with Crippen LogP contribution in [0.2, 0.25) is 0 Å². The highest BCUT2D eigenvalue weighted by molar-refractivity contribution is 8.00. The van der Waals surface area contributed by atoms with E-state index in [0.717, 1.165) is 11.8 Å². The second-order valence-corrected chi connectivity index (χ2v) is 5.59. The Morgan fingerprint density at radius 3 is 2.65 bits per heavy atom. The van der Waals surface area contributed by atoms with E-state index < -0.39 is 23.2 Å². The van der Waals surface area contributed by atoms with Crippen LogP contribution in [0.4, 0.5) is 10.6 Å². The molecule has 0 aliphatic rings. The number of thioether (sulfide) groups is 1. The second kappa shape index (κ2) is 8.93. The molecule has 0 unspecified atom stereocenters. The van der Waals surface area contributed by atoms with Crippen molar-refractivity contribution in [3.8, 4) is 0 Å². The Morgan fingerprint density at radius 1 is 1.39 bits per heavy atom. The number of hydrogen-bond acceptors (Lipinski definition) is 8. The molecule has 23 heavy (non-hydrogen) atoms. The van der Waals surface area contributed by atoms with Crippen molar-refractivity contribution < 1.29 is 19.1 Å². The van der Waals surface area contributed by atoms with E-state index in [9.17, 15) is 14.4 Å². The largest absolute Gasteiger partial charge is 0.462 e. The van der Waals surface area contributed by atoms with Crippen LogP contribution < -0.4 is 16.4 Å². The van der Waals surface area contributed by atoms with Gasteiger partial charge in [0.1, 0.15) is 11.4 Å². The molecule has 0 saturated heterocycles. The van der Waals surface area contributed by atoms with Crippen molar-refractivity contribution in [3.05, 3.63) is 11.8 Å². The van der Waals surface area contributed by atoms with Gasteiger partial charge in [-0.2, -0.15) is 0 Å². The Labute approximate surface area is 137 Å². The van der Waals surface area contributed by atoms with E-state index in [0.29, 0.717) is 6.54 Å². The molecule has 0 aliphatic carbocycles. The lowest BCUT2D eigenvalue weighted by atomic mass is 10.3. The topological polar surface area (TPSA) is 136 Å². The van der Waals surface area contributed by atoms with E-state index in [-0.39, 0.29) is 23.1 Å². The van der Waals surface area contributed by atoms with Gasteiger partial charge in [0.05, 0.1) is 11.9 Å². The third kappa shape index (κ3) is 5.74. The van der Waals surface area contributed by atoms with E-state index in [1.165, 1.54) is 6.20 Å². The minimum absolute atomic E-state index is 0.0303. The first-order valence-electron chi connectivity index (χ1n) is 6.94. The van der Waals surface area contributed by atoms with Crippen LogP contribution in [0.5, 0.6) is 0 Å². The molecule has 1 atom stereocenters. The molecule has 0 aliphatic heterocycles. The molecule has 0 radical (unpaired) electrons. The smallest absolute Gasteiger partial charge is 0.343 e. The normalized spacial score (nSPS) is 11.4. The monoisotopic (exact) mass is 341 g/mol. The number of esters is 1. The SMILES string of the molecule is CCNC(=O)NC(=O)[C@H](C)Sc1ncc(C(=O)OCC)c(N)n1. The van der Waals surface area contributed by atoms with Gasteiger partial charge in [-0.25, -0.2) is 19.6 Å². The molecule has 1 aromatic heterocycles. The van der Waals surface area contributed by atoms with Gasteiger partial charge in [0.15, 0.2) is 5.16 Å². The lowest BCUT2D eigenvalue weighted by molar-refractivity contribution is -0.119. The Bertz CT molecular complexity index is 596. The van der Waals surface area contributed by atoms with Gasteiger partial charge in [-0.05, 0) is 20.8 Å². The van der Waals surface area contributed by atoms with Crippen molar-refractivity contribution in [2.24, 2.45) is 0 Å². The average Bonchev–Trinajstić information content (AvgIpc) is 2.47. The van der Waals surface area contributed by atoms with E-state index >= 15 is 0 Å². The summed E-state index contributed by atoms with van der Waals surface area (Å²) in [6.45, 7) is 5.64. The molecule has 0 fully saturated rings. The number of nitrogens with two attached hydrogens (primary N) is 1. The number of hydrogen-bond donors (Lipinski definition) is 3. The fourth-order valence-corrected chi connectivity index (χ4v) is 2.18. The number of carbonyl (C=O) groups is 3. The Hall–Kier alpha value is -2.36. The predicted octanol–water partition coefficient (Wildman–Crippen LogP) is 0.562. The maximum absolute atomic E-state index is 11.8. The molecular weight excluding hydrogens is 322 g/mol. The molecular formula is C13H19N5O4S. The lowest BCUT2D eigenvalue weighted by Gasteiger charge is -2.11.